The molecule has 6 nitrogen and oxygen atoms in total. The fourth-order valence-electron chi connectivity index (χ4n) is 2.67. The van der Waals surface area contributed by atoms with Crippen molar-refractivity contribution in [1.29, 1.82) is 0 Å². The Morgan fingerprint density at radius 2 is 1.88 bits per heavy atom. The second-order valence-corrected chi connectivity index (χ2v) is 6.58. The number of aromatic nitrogens is 3. The van der Waals surface area contributed by atoms with Crippen LogP contribution in [0.1, 0.15) is 10.4 Å². The number of rotatable bonds is 2. The van der Waals surface area contributed by atoms with Crippen molar-refractivity contribution in [3.05, 3.63) is 73.7 Å². The second kappa shape index (κ2) is 6.16. The van der Waals surface area contributed by atoms with Gasteiger partial charge in [0, 0.05) is 5.69 Å². The summed E-state index contributed by atoms with van der Waals surface area (Å²) in [5.41, 5.74) is 0.406. The molecule has 0 saturated carbocycles. The average molecular weight is 466 g/mol. The first kappa shape index (κ1) is 16.6. The molecule has 0 aliphatic carbocycles. The Morgan fingerprint density at radius 1 is 1.19 bits per heavy atom. The highest BCUT2D eigenvalue weighted by Gasteiger charge is 2.17. The molecule has 2 heterocycles. The van der Waals surface area contributed by atoms with Gasteiger partial charge in [0.25, 0.3) is 11.5 Å². The lowest BCUT2D eigenvalue weighted by Crippen LogP contribution is -2.15. The van der Waals surface area contributed by atoms with Crippen LogP contribution in [-0.4, -0.2) is 20.5 Å². The van der Waals surface area contributed by atoms with E-state index in [4.69, 9.17) is 0 Å². The van der Waals surface area contributed by atoms with Gasteiger partial charge in [-0.05, 0) is 46.9 Å². The van der Waals surface area contributed by atoms with Crippen molar-refractivity contribution in [2.45, 2.75) is 0 Å². The van der Waals surface area contributed by atoms with Crippen LogP contribution in [0, 0.1) is 15.2 Å². The van der Waals surface area contributed by atoms with E-state index in [1.54, 1.807) is 24.3 Å². The molecule has 26 heavy (non-hydrogen) atoms. The van der Waals surface area contributed by atoms with E-state index >= 15 is 0 Å². The van der Waals surface area contributed by atoms with Gasteiger partial charge in [0.15, 0.2) is 0 Å². The third-order valence-electron chi connectivity index (χ3n) is 3.86. The van der Waals surface area contributed by atoms with Crippen molar-refractivity contribution < 1.29 is 13.6 Å². The SMILES string of the molecule is O=C(Nc1cc(F)c(I)c(F)c1)c1cnn2c1[nH]c(=O)c1ccccc12. The summed E-state index contributed by atoms with van der Waals surface area (Å²) in [6.07, 6.45) is 1.28. The Labute approximate surface area is 158 Å². The molecule has 0 bridgehead atoms. The maximum atomic E-state index is 13.7. The molecule has 2 aromatic carbocycles. The van der Waals surface area contributed by atoms with E-state index < -0.39 is 17.5 Å². The van der Waals surface area contributed by atoms with Crippen molar-refractivity contribution in [1.82, 2.24) is 14.6 Å². The molecule has 0 radical (unpaired) electrons. The molecule has 0 saturated heterocycles. The molecular weight excluding hydrogens is 457 g/mol. The van der Waals surface area contributed by atoms with E-state index in [1.807, 2.05) is 0 Å². The van der Waals surface area contributed by atoms with Crippen LogP contribution >= 0.6 is 22.6 Å². The second-order valence-electron chi connectivity index (χ2n) is 5.50. The minimum Gasteiger partial charge on any atom is -0.322 e. The van der Waals surface area contributed by atoms with E-state index in [-0.39, 0.29) is 26.0 Å². The Kier molecular flexibility index (Phi) is 3.94. The summed E-state index contributed by atoms with van der Waals surface area (Å²) < 4.78 is 28.6. The van der Waals surface area contributed by atoms with Gasteiger partial charge in [0.05, 0.1) is 20.7 Å². The third-order valence-corrected chi connectivity index (χ3v) is 4.89. The van der Waals surface area contributed by atoms with Gasteiger partial charge in [-0.25, -0.2) is 13.3 Å². The highest BCUT2D eigenvalue weighted by atomic mass is 127. The number of H-pyrrole nitrogens is 1. The number of aromatic amines is 1. The summed E-state index contributed by atoms with van der Waals surface area (Å²) in [6, 6.07) is 8.86. The Balaban J connectivity index is 1.80. The predicted molar refractivity (Wildman–Crippen MR) is 100 cm³/mol. The Bertz CT molecular complexity index is 1230. The molecule has 4 rings (SSSR count). The average Bonchev–Trinajstić information content (AvgIpc) is 3.04. The quantitative estimate of drug-likeness (QED) is 0.352. The summed E-state index contributed by atoms with van der Waals surface area (Å²) in [5, 5.41) is 6.98. The number of hydrogen-bond acceptors (Lipinski definition) is 3. The molecule has 0 fully saturated rings. The smallest absolute Gasteiger partial charge is 0.261 e. The van der Waals surface area contributed by atoms with Crippen LogP contribution in [0.5, 0.6) is 0 Å². The maximum Gasteiger partial charge on any atom is 0.261 e. The zero-order valence-electron chi connectivity index (χ0n) is 12.9. The van der Waals surface area contributed by atoms with Crippen LogP contribution < -0.4 is 10.9 Å². The van der Waals surface area contributed by atoms with Crippen molar-refractivity contribution in [3.63, 3.8) is 0 Å². The molecule has 0 spiro atoms. The Hall–Kier alpha value is -2.82. The number of anilines is 1. The molecule has 0 aliphatic heterocycles. The summed E-state index contributed by atoms with van der Waals surface area (Å²) in [7, 11) is 0. The zero-order valence-corrected chi connectivity index (χ0v) is 15.0. The van der Waals surface area contributed by atoms with Gasteiger partial charge in [-0.3, -0.25) is 9.59 Å². The number of amides is 1. The van der Waals surface area contributed by atoms with Gasteiger partial charge in [0.1, 0.15) is 22.8 Å². The Morgan fingerprint density at radius 3 is 2.62 bits per heavy atom. The van der Waals surface area contributed by atoms with Gasteiger partial charge in [-0.1, -0.05) is 12.1 Å². The minimum absolute atomic E-state index is 0.0343. The van der Waals surface area contributed by atoms with Crippen molar-refractivity contribution in [3.8, 4) is 0 Å². The third kappa shape index (κ3) is 2.64. The predicted octanol–water partition coefficient (Wildman–Crippen LogP) is 3.31. The van der Waals surface area contributed by atoms with Crippen LogP contribution in [0.3, 0.4) is 0 Å². The van der Waals surface area contributed by atoms with E-state index in [0.29, 0.717) is 10.9 Å². The first-order valence-corrected chi connectivity index (χ1v) is 8.48. The topological polar surface area (TPSA) is 79.3 Å². The van der Waals surface area contributed by atoms with Crippen LogP contribution in [0.4, 0.5) is 14.5 Å². The van der Waals surface area contributed by atoms with Crippen molar-refractivity contribution in [2.75, 3.05) is 5.32 Å². The number of para-hydroxylation sites is 1. The molecule has 4 aromatic rings. The van der Waals surface area contributed by atoms with Gasteiger partial charge < -0.3 is 10.3 Å². The fourth-order valence-corrected chi connectivity index (χ4v) is 2.98. The largest absolute Gasteiger partial charge is 0.322 e. The summed E-state index contributed by atoms with van der Waals surface area (Å²) in [4.78, 5) is 27.3. The fraction of sp³-hybridized carbons (Fsp3) is 0. The van der Waals surface area contributed by atoms with Gasteiger partial charge >= 0.3 is 0 Å². The molecule has 0 aliphatic rings. The monoisotopic (exact) mass is 466 g/mol. The molecule has 0 unspecified atom stereocenters. The maximum absolute atomic E-state index is 13.7. The lowest BCUT2D eigenvalue weighted by atomic mass is 10.2. The zero-order chi connectivity index (χ0) is 18.4. The molecule has 2 N–H and O–H groups in total. The molecule has 130 valence electrons. The minimum atomic E-state index is -0.778. The summed E-state index contributed by atoms with van der Waals surface area (Å²) in [6.45, 7) is 0. The highest BCUT2D eigenvalue weighted by Crippen LogP contribution is 2.21. The number of nitrogens with one attached hydrogen (secondary N) is 2. The van der Waals surface area contributed by atoms with E-state index in [0.717, 1.165) is 12.1 Å². The van der Waals surface area contributed by atoms with E-state index in [1.165, 1.54) is 33.3 Å². The van der Waals surface area contributed by atoms with Gasteiger partial charge in [0.2, 0.25) is 0 Å². The molecule has 1 amide bonds. The van der Waals surface area contributed by atoms with E-state index in [2.05, 4.69) is 15.4 Å². The standard InChI is InChI=1S/C17H9F2IN4O2/c18-11-5-8(6-12(19)14(11)20)22-17(26)10-7-21-24-13-4-2-1-3-9(13)16(25)23-15(10)24/h1-7H,(H,22,26)(H,23,25). The normalized spacial score (nSPS) is 11.2. The van der Waals surface area contributed by atoms with Crippen LogP contribution in [0.15, 0.2) is 47.4 Å². The highest BCUT2D eigenvalue weighted by molar-refractivity contribution is 14.1. The lowest BCUT2D eigenvalue weighted by molar-refractivity contribution is 0.102. The number of carbonyl (C=O) groups excluding carboxylic acids is 1. The van der Waals surface area contributed by atoms with Crippen LogP contribution in [-0.2, 0) is 0 Å². The number of benzene rings is 2. The molecule has 9 heteroatoms. The summed E-state index contributed by atoms with van der Waals surface area (Å²) in [5.74, 6) is -2.20. The first-order chi connectivity index (χ1) is 12.5. The lowest BCUT2D eigenvalue weighted by Gasteiger charge is -2.06. The number of hydrogen-bond donors (Lipinski definition) is 2. The molecular formula is C17H9F2IN4O2. The summed E-state index contributed by atoms with van der Waals surface area (Å²) >= 11 is 1.54. The molecule has 2 aromatic heterocycles. The number of carbonyl (C=O) groups is 1. The molecule has 0 atom stereocenters. The number of nitrogens with zero attached hydrogens (tertiary/aromatic N) is 2. The van der Waals surface area contributed by atoms with E-state index in [9.17, 15) is 18.4 Å². The number of fused-ring (bicyclic) bond motifs is 3. The van der Waals surface area contributed by atoms with Crippen LogP contribution in [0.25, 0.3) is 16.6 Å². The van der Waals surface area contributed by atoms with Crippen molar-refractivity contribution in [2.24, 2.45) is 0 Å². The van der Waals surface area contributed by atoms with Gasteiger partial charge in [-0.2, -0.15) is 5.10 Å². The van der Waals surface area contributed by atoms with Crippen molar-refractivity contribution >= 4 is 50.7 Å². The first-order valence-electron chi connectivity index (χ1n) is 7.40. The van der Waals surface area contributed by atoms with Gasteiger partial charge in [-0.15, -0.1) is 0 Å². The number of halogens is 3. The van der Waals surface area contributed by atoms with Crippen LogP contribution in [0.2, 0.25) is 0 Å².